The fraction of sp³-hybridized carbons (Fsp3) is 1.00. The van der Waals surface area contributed by atoms with Crippen LogP contribution in [0.4, 0.5) is 17.6 Å². The van der Waals surface area contributed by atoms with E-state index in [1.807, 2.05) is 0 Å². The molecule has 8 nitrogen and oxygen atoms in total. The first-order valence-electron chi connectivity index (χ1n) is 5.56. The van der Waals surface area contributed by atoms with E-state index in [1.165, 1.54) is 0 Å². The predicted molar refractivity (Wildman–Crippen MR) is 63.9 cm³/mol. The standard InChI is InChI=1S/C8H14F4O8S2/c9-7(10,21(13,14)15)5-19-3-1-2-4-20-6-8(11,12)22(16,17)18/h1-6H2,(H,13,14,15)(H,16,17,18). The number of hydrogen-bond donors (Lipinski definition) is 2. The number of rotatable bonds is 11. The summed E-state index contributed by atoms with van der Waals surface area (Å²) in [6.45, 7) is -3.90. The molecule has 0 saturated carbocycles. The van der Waals surface area contributed by atoms with Gasteiger partial charge in [-0.3, -0.25) is 9.11 Å². The van der Waals surface area contributed by atoms with E-state index in [2.05, 4.69) is 9.47 Å². The molecule has 0 unspecified atom stereocenters. The van der Waals surface area contributed by atoms with Crippen LogP contribution in [0.2, 0.25) is 0 Å². The summed E-state index contributed by atoms with van der Waals surface area (Å²) in [4.78, 5) is 0. The van der Waals surface area contributed by atoms with E-state index in [-0.39, 0.29) is 26.1 Å². The van der Waals surface area contributed by atoms with Crippen LogP contribution in [-0.2, 0) is 29.7 Å². The van der Waals surface area contributed by atoms with Crippen molar-refractivity contribution in [3.8, 4) is 0 Å². The zero-order valence-electron chi connectivity index (χ0n) is 10.9. The second kappa shape index (κ2) is 7.83. The average Bonchev–Trinajstić information content (AvgIpc) is 2.29. The second-order valence-corrected chi connectivity index (χ2v) is 7.13. The summed E-state index contributed by atoms with van der Waals surface area (Å²) in [5.74, 6) is 0. The highest BCUT2D eigenvalue weighted by Crippen LogP contribution is 2.21. The molecule has 0 spiro atoms. The van der Waals surface area contributed by atoms with Crippen LogP contribution in [0.5, 0.6) is 0 Å². The van der Waals surface area contributed by atoms with Crippen molar-refractivity contribution in [2.75, 3.05) is 26.4 Å². The lowest BCUT2D eigenvalue weighted by Gasteiger charge is -2.14. The lowest BCUT2D eigenvalue weighted by atomic mass is 10.3. The summed E-state index contributed by atoms with van der Waals surface area (Å²) in [7, 11) is -11.2. The predicted octanol–water partition coefficient (Wildman–Crippen LogP) is 0.761. The smallest absolute Gasteiger partial charge is 0.374 e. The van der Waals surface area contributed by atoms with Crippen LogP contribution in [0.15, 0.2) is 0 Å². The number of halogens is 4. The molecule has 14 heteroatoms. The van der Waals surface area contributed by atoms with Crippen molar-refractivity contribution in [1.29, 1.82) is 0 Å². The van der Waals surface area contributed by atoms with Crippen molar-refractivity contribution in [3.63, 3.8) is 0 Å². The molecular weight excluding hydrogens is 364 g/mol. The second-order valence-electron chi connectivity index (χ2n) is 4.04. The zero-order chi connectivity index (χ0) is 17.7. The normalized spacial score (nSPS) is 14.3. The summed E-state index contributed by atoms with van der Waals surface area (Å²) >= 11 is 0. The van der Waals surface area contributed by atoms with Gasteiger partial charge in [-0.2, -0.15) is 34.4 Å². The van der Waals surface area contributed by atoms with Crippen LogP contribution >= 0.6 is 0 Å². The van der Waals surface area contributed by atoms with Crippen LogP contribution in [0.1, 0.15) is 12.8 Å². The van der Waals surface area contributed by atoms with Gasteiger partial charge in [0, 0.05) is 13.2 Å². The Hall–Kier alpha value is -0.540. The average molecular weight is 378 g/mol. The molecule has 0 aliphatic carbocycles. The van der Waals surface area contributed by atoms with Crippen molar-refractivity contribution in [3.05, 3.63) is 0 Å². The highest BCUT2D eigenvalue weighted by molar-refractivity contribution is 7.87. The van der Waals surface area contributed by atoms with Gasteiger partial charge in [-0.15, -0.1) is 0 Å². The molecule has 2 N–H and O–H groups in total. The van der Waals surface area contributed by atoms with Gasteiger partial charge in [0.25, 0.3) is 0 Å². The Labute approximate surface area is 123 Å². The van der Waals surface area contributed by atoms with Crippen LogP contribution in [-0.4, -0.2) is 62.9 Å². The first-order valence-corrected chi connectivity index (χ1v) is 8.44. The van der Waals surface area contributed by atoms with Crippen LogP contribution in [0.25, 0.3) is 0 Å². The molecule has 0 aliphatic rings. The fourth-order valence-electron chi connectivity index (χ4n) is 0.939. The van der Waals surface area contributed by atoms with Gasteiger partial charge in [-0.25, -0.2) is 0 Å². The Morgan fingerprint density at radius 2 is 1.00 bits per heavy atom. The van der Waals surface area contributed by atoms with Crippen LogP contribution in [0, 0.1) is 0 Å². The molecule has 0 aromatic heterocycles. The Bertz CT molecular complexity index is 494. The Kier molecular flexibility index (Phi) is 7.64. The molecule has 0 fully saturated rings. The minimum Gasteiger partial charge on any atom is -0.374 e. The molecule has 0 aromatic rings. The third-order valence-electron chi connectivity index (χ3n) is 2.12. The highest BCUT2D eigenvalue weighted by atomic mass is 32.2. The lowest BCUT2D eigenvalue weighted by Crippen LogP contribution is -2.34. The molecule has 0 aliphatic heterocycles. The SMILES string of the molecule is O=S(=O)(O)C(F)(F)COCCCCOCC(F)(F)S(=O)(=O)O. The van der Waals surface area contributed by atoms with Crippen molar-refractivity contribution >= 4 is 20.2 Å². The third kappa shape index (κ3) is 7.15. The van der Waals surface area contributed by atoms with E-state index >= 15 is 0 Å². The van der Waals surface area contributed by atoms with E-state index in [0.29, 0.717) is 0 Å². The molecule has 0 amide bonds. The Balaban J connectivity index is 3.81. The van der Waals surface area contributed by atoms with Crippen LogP contribution in [0.3, 0.4) is 0 Å². The molecule has 0 saturated heterocycles. The summed E-state index contributed by atoms with van der Waals surface area (Å²) in [6, 6.07) is 0. The maximum Gasteiger partial charge on any atom is 0.392 e. The molecule has 0 atom stereocenters. The van der Waals surface area contributed by atoms with Gasteiger partial charge in [-0.05, 0) is 12.8 Å². The molecule has 0 bridgehead atoms. The molecular formula is C8H14F4O8S2. The number of unbranched alkanes of at least 4 members (excludes halogenated alkanes) is 1. The largest absolute Gasteiger partial charge is 0.392 e. The number of ether oxygens (including phenoxy) is 2. The van der Waals surface area contributed by atoms with E-state index < -0.39 is 44.0 Å². The quantitative estimate of drug-likeness (QED) is 0.306. The molecule has 0 aromatic carbocycles. The van der Waals surface area contributed by atoms with Gasteiger partial charge < -0.3 is 9.47 Å². The van der Waals surface area contributed by atoms with E-state index in [0.717, 1.165) is 0 Å². The summed E-state index contributed by atoms with van der Waals surface area (Å²) in [6.07, 6.45) is 0.0258. The molecule has 0 radical (unpaired) electrons. The molecule has 134 valence electrons. The van der Waals surface area contributed by atoms with Crippen molar-refractivity contribution in [2.24, 2.45) is 0 Å². The van der Waals surface area contributed by atoms with Crippen molar-refractivity contribution in [1.82, 2.24) is 0 Å². The van der Waals surface area contributed by atoms with Gasteiger partial charge in [0.05, 0.1) is 0 Å². The summed E-state index contributed by atoms with van der Waals surface area (Å²) in [5, 5.41) is -8.91. The first-order chi connectivity index (χ1) is 9.71. The highest BCUT2D eigenvalue weighted by Gasteiger charge is 2.45. The minimum atomic E-state index is -5.58. The zero-order valence-corrected chi connectivity index (χ0v) is 12.5. The monoisotopic (exact) mass is 378 g/mol. The van der Waals surface area contributed by atoms with Gasteiger partial charge in [0.15, 0.2) is 0 Å². The number of hydrogen-bond acceptors (Lipinski definition) is 6. The van der Waals surface area contributed by atoms with Crippen molar-refractivity contribution < 1.29 is 53.0 Å². The molecule has 0 heterocycles. The van der Waals surface area contributed by atoms with Gasteiger partial charge in [0.2, 0.25) is 0 Å². The maximum atomic E-state index is 12.7. The molecule has 0 rings (SSSR count). The van der Waals surface area contributed by atoms with E-state index in [9.17, 15) is 34.4 Å². The summed E-state index contributed by atoms with van der Waals surface area (Å²) in [5.41, 5.74) is 0. The third-order valence-corrected chi connectivity index (χ3v) is 3.87. The van der Waals surface area contributed by atoms with Gasteiger partial charge in [-0.1, -0.05) is 0 Å². The van der Waals surface area contributed by atoms with Crippen LogP contribution < -0.4 is 0 Å². The maximum absolute atomic E-state index is 12.7. The topological polar surface area (TPSA) is 127 Å². The van der Waals surface area contributed by atoms with Gasteiger partial charge in [0.1, 0.15) is 13.2 Å². The Morgan fingerprint density at radius 3 is 1.23 bits per heavy atom. The van der Waals surface area contributed by atoms with Gasteiger partial charge >= 0.3 is 30.7 Å². The summed E-state index contributed by atoms with van der Waals surface area (Å²) < 4.78 is 116. The number of alkyl halides is 4. The lowest BCUT2D eigenvalue weighted by molar-refractivity contribution is -0.0305. The minimum absolute atomic E-state index is 0.0129. The fourth-order valence-corrected chi connectivity index (χ4v) is 1.40. The van der Waals surface area contributed by atoms with E-state index in [1.54, 1.807) is 0 Å². The van der Waals surface area contributed by atoms with E-state index in [4.69, 9.17) is 9.11 Å². The molecule has 22 heavy (non-hydrogen) atoms. The first kappa shape index (κ1) is 21.5. The Morgan fingerprint density at radius 1 is 0.727 bits per heavy atom. The van der Waals surface area contributed by atoms with Crippen molar-refractivity contribution in [2.45, 2.75) is 23.4 Å².